The second-order valence-electron chi connectivity index (χ2n) is 1.63. The van der Waals surface area contributed by atoms with E-state index in [0.717, 1.165) is 0 Å². The third-order valence-electron chi connectivity index (χ3n) is 0.974. The average Bonchev–Trinajstić information content (AvgIpc) is 1.91. The van der Waals surface area contributed by atoms with Gasteiger partial charge in [-0.05, 0) is 6.92 Å². The molecule has 0 saturated carbocycles. The van der Waals surface area contributed by atoms with Crippen molar-refractivity contribution >= 4 is 21.9 Å². The van der Waals surface area contributed by atoms with Gasteiger partial charge in [-0.3, -0.25) is 0 Å². The predicted molar refractivity (Wildman–Crippen MR) is 41.2 cm³/mol. The standard InChI is InChI=1S/C6H11BrO3/c1-3-10-6(8)5(4-7)9-2/h5H,3-4H2,1-2H3. The van der Waals surface area contributed by atoms with Crippen LogP contribution in [0.2, 0.25) is 0 Å². The summed E-state index contributed by atoms with van der Waals surface area (Å²) in [5.41, 5.74) is 0. The van der Waals surface area contributed by atoms with E-state index in [9.17, 15) is 4.79 Å². The topological polar surface area (TPSA) is 35.5 Å². The molecule has 0 spiro atoms. The Hall–Kier alpha value is -0.0900. The number of ether oxygens (including phenoxy) is 2. The number of carbonyl (C=O) groups is 1. The number of methoxy groups -OCH3 is 1. The second-order valence-corrected chi connectivity index (χ2v) is 2.28. The molecule has 0 aromatic rings. The summed E-state index contributed by atoms with van der Waals surface area (Å²) in [7, 11) is 1.48. The summed E-state index contributed by atoms with van der Waals surface area (Å²) in [5.74, 6) is -0.318. The lowest BCUT2D eigenvalue weighted by atomic mass is 10.4. The molecule has 0 radical (unpaired) electrons. The number of carbonyl (C=O) groups excluding carboxylic acids is 1. The molecule has 0 bridgehead atoms. The Labute approximate surface area is 68.8 Å². The van der Waals surface area contributed by atoms with E-state index in [0.29, 0.717) is 11.9 Å². The fourth-order valence-electron chi connectivity index (χ4n) is 0.457. The Bertz CT molecular complexity index is 101. The first-order valence-corrected chi connectivity index (χ1v) is 4.13. The van der Waals surface area contributed by atoms with Crippen LogP contribution in [0.5, 0.6) is 0 Å². The van der Waals surface area contributed by atoms with Crippen LogP contribution in [-0.2, 0) is 14.3 Å². The highest BCUT2D eigenvalue weighted by atomic mass is 79.9. The third kappa shape index (κ3) is 3.17. The maximum atomic E-state index is 10.8. The van der Waals surface area contributed by atoms with Crippen LogP contribution in [-0.4, -0.2) is 31.1 Å². The van der Waals surface area contributed by atoms with Crippen molar-refractivity contribution in [2.45, 2.75) is 13.0 Å². The molecule has 0 aromatic heterocycles. The molecule has 0 saturated heterocycles. The van der Waals surface area contributed by atoms with Gasteiger partial charge in [0.2, 0.25) is 0 Å². The van der Waals surface area contributed by atoms with Crippen molar-refractivity contribution in [3.05, 3.63) is 0 Å². The van der Waals surface area contributed by atoms with Gasteiger partial charge in [0.05, 0.1) is 6.61 Å². The molecule has 0 aliphatic rings. The Morgan fingerprint density at radius 1 is 1.70 bits per heavy atom. The molecular weight excluding hydrogens is 200 g/mol. The normalized spacial score (nSPS) is 12.7. The van der Waals surface area contributed by atoms with Crippen LogP contribution in [0.4, 0.5) is 0 Å². The number of alkyl halides is 1. The largest absolute Gasteiger partial charge is 0.464 e. The van der Waals surface area contributed by atoms with Gasteiger partial charge < -0.3 is 9.47 Å². The highest BCUT2D eigenvalue weighted by molar-refractivity contribution is 9.09. The average molecular weight is 211 g/mol. The van der Waals surface area contributed by atoms with Gasteiger partial charge in [0.1, 0.15) is 0 Å². The lowest BCUT2D eigenvalue weighted by Crippen LogP contribution is -2.26. The zero-order valence-corrected chi connectivity index (χ0v) is 7.68. The molecule has 0 fully saturated rings. The lowest BCUT2D eigenvalue weighted by molar-refractivity contribution is -0.153. The van der Waals surface area contributed by atoms with Gasteiger partial charge in [-0.1, -0.05) is 15.9 Å². The van der Waals surface area contributed by atoms with E-state index in [1.165, 1.54) is 7.11 Å². The minimum absolute atomic E-state index is 0.318. The molecular formula is C6H11BrO3. The maximum Gasteiger partial charge on any atom is 0.336 e. The third-order valence-corrected chi connectivity index (χ3v) is 1.56. The van der Waals surface area contributed by atoms with Crippen molar-refractivity contribution in [3.63, 3.8) is 0 Å². The fourth-order valence-corrected chi connectivity index (χ4v) is 0.986. The summed E-state index contributed by atoms with van der Waals surface area (Å²) in [4.78, 5) is 10.8. The van der Waals surface area contributed by atoms with Crippen molar-refractivity contribution in [1.82, 2.24) is 0 Å². The predicted octanol–water partition coefficient (Wildman–Crippen LogP) is 0.959. The van der Waals surface area contributed by atoms with Gasteiger partial charge >= 0.3 is 5.97 Å². The van der Waals surface area contributed by atoms with Crippen LogP contribution in [0.1, 0.15) is 6.92 Å². The number of hydrogen-bond acceptors (Lipinski definition) is 3. The van der Waals surface area contributed by atoms with Crippen LogP contribution in [0.3, 0.4) is 0 Å². The summed E-state index contributed by atoms with van der Waals surface area (Å²) >= 11 is 3.12. The molecule has 0 heterocycles. The highest BCUT2D eigenvalue weighted by Crippen LogP contribution is 1.98. The van der Waals surface area contributed by atoms with Crippen molar-refractivity contribution in [3.8, 4) is 0 Å². The van der Waals surface area contributed by atoms with Crippen LogP contribution in [0, 0.1) is 0 Å². The van der Waals surface area contributed by atoms with E-state index in [4.69, 9.17) is 9.47 Å². The first-order chi connectivity index (χ1) is 4.76. The van der Waals surface area contributed by atoms with E-state index in [1.807, 2.05) is 0 Å². The molecule has 1 atom stereocenters. The van der Waals surface area contributed by atoms with Crippen LogP contribution in [0.25, 0.3) is 0 Å². The van der Waals surface area contributed by atoms with Crippen molar-refractivity contribution in [2.75, 3.05) is 19.0 Å². The minimum atomic E-state index is -0.472. The zero-order chi connectivity index (χ0) is 7.98. The summed E-state index contributed by atoms with van der Waals surface area (Å²) in [5, 5.41) is 0.475. The first-order valence-electron chi connectivity index (χ1n) is 3.01. The molecule has 3 nitrogen and oxygen atoms in total. The summed E-state index contributed by atoms with van der Waals surface area (Å²) in [6.07, 6.45) is -0.472. The molecule has 0 aliphatic carbocycles. The van der Waals surface area contributed by atoms with Crippen molar-refractivity contribution < 1.29 is 14.3 Å². The van der Waals surface area contributed by atoms with Gasteiger partial charge in [0.15, 0.2) is 6.10 Å². The maximum absolute atomic E-state index is 10.8. The fraction of sp³-hybridized carbons (Fsp3) is 0.833. The monoisotopic (exact) mass is 210 g/mol. The molecule has 60 valence electrons. The summed E-state index contributed by atoms with van der Waals surface area (Å²) in [6, 6.07) is 0. The molecule has 10 heavy (non-hydrogen) atoms. The molecule has 1 unspecified atom stereocenters. The molecule has 0 N–H and O–H groups in total. The van der Waals surface area contributed by atoms with Gasteiger partial charge in [-0.25, -0.2) is 4.79 Å². The Morgan fingerprint density at radius 2 is 2.30 bits per heavy atom. The number of esters is 1. The van der Waals surface area contributed by atoms with Crippen LogP contribution >= 0.6 is 15.9 Å². The van der Waals surface area contributed by atoms with Crippen molar-refractivity contribution in [2.24, 2.45) is 0 Å². The first kappa shape index (κ1) is 9.91. The van der Waals surface area contributed by atoms with E-state index in [-0.39, 0.29) is 5.97 Å². The van der Waals surface area contributed by atoms with Crippen LogP contribution in [0.15, 0.2) is 0 Å². The molecule has 0 aromatic carbocycles. The molecule has 4 heteroatoms. The summed E-state index contributed by atoms with van der Waals surface area (Å²) in [6.45, 7) is 2.16. The van der Waals surface area contributed by atoms with E-state index >= 15 is 0 Å². The smallest absolute Gasteiger partial charge is 0.336 e. The van der Waals surface area contributed by atoms with E-state index < -0.39 is 6.10 Å². The lowest BCUT2D eigenvalue weighted by Gasteiger charge is -2.09. The number of rotatable bonds is 4. The van der Waals surface area contributed by atoms with Gasteiger partial charge in [-0.2, -0.15) is 0 Å². The highest BCUT2D eigenvalue weighted by Gasteiger charge is 2.16. The quantitative estimate of drug-likeness (QED) is 0.513. The number of halogens is 1. The van der Waals surface area contributed by atoms with E-state index in [1.54, 1.807) is 6.92 Å². The van der Waals surface area contributed by atoms with Crippen molar-refractivity contribution in [1.29, 1.82) is 0 Å². The molecule has 0 amide bonds. The zero-order valence-electron chi connectivity index (χ0n) is 6.09. The van der Waals surface area contributed by atoms with Gasteiger partial charge in [0, 0.05) is 12.4 Å². The van der Waals surface area contributed by atoms with E-state index in [2.05, 4.69) is 15.9 Å². The van der Waals surface area contributed by atoms with Gasteiger partial charge in [0.25, 0.3) is 0 Å². The Kier molecular flexibility index (Phi) is 5.63. The Balaban J connectivity index is 3.65. The van der Waals surface area contributed by atoms with Crippen LogP contribution < -0.4 is 0 Å². The summed E-state index contributed by atoms with van der Waals surface area (Å²) < 4.78 is 9.48. The number of hydrogen-bond donors (Lipinski definition) is 0. The second kappa shape index (κ2) is 5.68. The SMILES string of the molecule is CCOC(=O)C(CBr)OC. The Morgan fingerprint density at radius 3 is 2.60 bits per heavy atom. The molecule has 0 aliphatic heterocycles. The molecule has 0 rings (SSSR count). The minimum Gasteiger partial charge on any atom is -0.464 e. The van der Waals surface area contributed by atoms with Gasteiger partial charge in [-0.15, -0.1) is 0 Å².